The lowest BCUT2D eigenvalue weighted by Crippen LogP contribution is -1.85. The second-order valence-corrected chi connectivity index (χ2v) is 3.39. The lowest BCUT2D eigenvalue weighted by Gasteiger charge is -2.00. The summed E-state index contributed by atoms with van der Waals surface area (Å²) >= 11 is 0. The fourth-order valence-corrected chi connectivity index (χ4v) is 1.43. The van der Waals surface area contributed by atoms with Crippen LogP contribution in [-0.4, -0.2) is 4.89 Å². The molecule has 0 heterocycles. The van der Waals surface area contributed by atoms with Crippen molar-refractivity contribution >= 4 is 8.69 Å². The van der Waals surface area contributed by atoms with Gasteiger partial charge < -0.3 is 4.89 Å². The van der Waals surface area contributed by atoms with Gasteiger partial charge in [0.1, 0.15) is 0 Å². The molecule has 0 aliphatic rings. The molecular formula is C13H13O2P. The van der Waals surface area contributed by atoms with Gasteiger partial charge in [-0.1, -0.05) is 60.7 Å². The number of benzene rings is 2. The molecule has 0 unspecified atom stereocenters. The summed E-state index contributed by atoms with van der Waals surface area (Å²) in [5.41, 5.74) is 2.74. The molecule has 2 rings (SSSR count). The van der Waals surface area contributed by atoms with Crippen molar-refractivity contribution in [1.82, 2.24) is 0 Å². The Morgan fingerprint density at radius 2 is 1.12 bits per heavy atom. The molecule has 0 atom stereocenters. The van der Waals surface area contributed by atoms with Crippen LogP contribution in [0, 0.1) is 0 Å². The Bertz CT molecular complexity index is 363. The van der Waals surface area contributed by atoms with E-state index in [-0.39, 0.29) is 0 Å². The van der Waals surface area contributed by atoms with E-state index in [9.17, 15) is 0 Å². The Balaban J connectivity index is 0.000000386. The minimum Gasteiger partial charge on any atom is -0.310 e. The van der Waals surface area contributed by atoms with Gasteiger partial charge in [-0.25, -0.2) is 4.57 Å². The zero-order chi connectivity index (χ0) is 11.6. The van der Waals surface area contributed by atoms with E-state index in [1.54, 1.807) is 0 Å². The smallest absolute Gasteiger partial charge is 0.310 e. The lowest BCUT2D eigenvalue weighted by atomic mass is 10.1. The number of hydrogen-bond acceptors (Lipinski definition) is 1. The van der Waals surface area contributed by atoms with Crippen LogP contribution in [0.4, 0.5) is 0 Å². The predicted molar refractivity (Wildman–Crippen MR) is 65.5 cm³/mol. The Morgan fingerprint density at radius 3 is 1.44 bits per heavy atom. The van der Waals surface area contributed by atoms with Crippen LogP contribution >= 0.6 is 8.69 Å². The van der Waals surface area contributed by atoms with Crippen LogP contribution < -0.4 is 0 Å². The fourth-order valence-electron chi connectivity index (χ4n) is 1.43. The first kappa shape index (κ1) is 12.6. The van der Waals surface area contributed by atoms with E-state index >= 15 is 0 Å². The largest absolute Gasteiger partial charge is 0.324 e. The van der Waals surface area contributed by atoms with Crippen LogP contribution in [0.1, 0.15) is 11.1 Å². The molecule has 0 saturated heterocycles. The molecule has 82 valence electrons. The van der Waals surface area contributed by atoms with Gasteiger partial charge in [0, 0.05) is 0 Å². The maximum atomic E-state index is 8.46. The highest BCUT2D eigenvalue weighted by atomic mass is 31.1. The van der Waals surface area contributed by atoms with Crippen molar-refractivity contribution in [2.45, 2.75) is 6.42 Å². The first-order valence-corrected chi connectivity index (χ1v) is 5.68. The Morgan fingerprint density at radius 1 is 0.812 bits per heavy atom. The Kier molecular flexibility index (Phi) is 6.09. The van der Waals surface area contributed by atoms with E-state index in [0.717, 1.165) is 6.42 Å². The number of hydrogen-bond donors (Lipinski definition) is 1. The second-order valence-electron chi connectivity index (χ2n) is 3.23. The molecule has 0 aliphatic carbocycles. The summed E-state index contributed by atoms with van der Waals surface area (Å²) in [7, 11) is -0.833. The summed E-state index contributed by atoms with van der Waals surface area (Å²) in [5.74, 6) is 0. The van der Waals surface area contributed by atoms with E-state index in [4.69, 9.17) is 9.46 Å². The number of rotatable bonds is 2. The van der Waals surface area contributed by atoms with Crippen LogP contribution in [-0.2, 0) is 11.0 Å². The van der Waals surface area contributed by atoms with Crippen LogP contribution in [0.15, 0.2) is 60.7 Å². The van der Waals surface area contributed by atoms with E-state index < -0.39 is 8.69 Å². The third-order valence-corrected chi connectivity index (χ3v) is 2.09. The first-order chi connectivity index (χ1) is 7.86. The molecule has 2 nitrogen and oxygen atoms in total. The standard InChI is InChI=1S/C13H12.HO2P/c1-3-7-12(8-4-1)11-13-9-5-2-6-10-13;1-3-2/h1-10H,11H2;(H,1,2). The summed E-state index contributed by atoms with van der Waals surface area (Å²) in [4.78, 5) is 6.99. The predicted octanol–water partition coefficient (Wildman–Crippen LogP) is 3.46. The van der Waals surface area contributed by atoms with E-state index in [1.807, 2.05) is 0 Å². The summed E-state index contributed by atoms with van der Waals surface area (Å²) in [6, 6.07) is 21.1. The minimum absolute atomic E-state index is 0.833. The van der Waals surface area contributed by atoms with Crippen molar-refractivity contribution in [3.05, 3.63) is 71.8 Å². The average molecular weight is 232 g/mol. The van der Waals surface area contributed by atoms with E-state index in [2.05, 4.69) is 60.7 Å². The molecule has 2 aromatic rings. The normalized spacial score (nSPS) is 9.31. The zero-order valence-corrected chi connectivity index (χ0v) is 9.68. The molecule has 3 heteroatoms. The molecule has 0 fully saturated rings. The molecule has 0 aliphatic heterocycles. The molecule has 0 bridgehead atoms. The highest BCUT2D eigenvalue weighted by Gasteiger charge is 1.92. The minimum atomic E-state index is -0.833. The molecule has 0 radical (unpaired) electrons. The highest BCUT2D eigenvalue weighted by Crippen LogP contribution is 2.07. The van der Waals surface area contributed by atoms with Gasteiger partial charge in [-0.05, 0) is 17.5 Å². The quantitative estimate of drug-likeness (QED) is 0.805. The molecule has 1 N–H and O–H groups in total. The molecule has 2 aromatic carbocycles. The molecular weight excluding hydrogens is 219 g/mol. The third kappa shape index (κ3) is 4.83. The molecule has 0 amide bonds. The van der Waals surface area contributed by atoms with Gasteiger partial charge in [0.05, 0.1) is 0 Å². The highest BCUT2D eigenvalue weighted by molar-refractivity contribution is 7.16. The second kappa shape index (κ2) is 7.75. The SMILES string of the molecule is O=PO.c1ccc(Cc2ccccc2)cc1. The van der Waals surface area contributed by atoms with Crippen LogP contribution in [0.3, 0.4) is 0 Å². The van der Waals surface area contributed by atoms with Gasteiger partial charge in [-0.2, -0.15) is 0 Å². The van der Waals surface area contributed by atoms with Gasteiger partial charge in [0.2, 0.25) is 0 Å². The van der Waals surface area contributed by atoms with E-state index in [1.165, 1.54) is 11.1 Å². The molecule has 0 saturated carbocycles. The van der Waals surface area contributed by atoms with Crippen molar-refractivity contribution in [3.8, 4) is 0 Å². The van der Waals surface area contributed by atoms with Gasteiger partial charge in [-0.15, -0.1) is 0 Å². The van der Waals surface area contributed by atoms with Crippen LogP contribution in [0.25, 0.3) is 0 Å². The first-order valence-electron chi connectivity index (χ1n) is 4.91. The summed E-state index contributed by atoms with van der Waals surface area (Å²) in [6.45, 7) is 0. The third-order valence-electron chi connectivity index (χ3n) is 2.09. The molecule has 0 aromatic heterocycles. The summed E-state index contributed by atoms with van der Waals surface area (Å²) in [6.07, 6.45) is 1.03. The van der Waals surface area contributed by atoms with Crippen molar-refractivity contribution in [3.63, 3.8) is 0 Å². The van der Waals surface area contributed by atoms with Gasteiger partial charge in [-0.3, -0.25) is 0 Å². The van der Waals surface area contributed by atoms with Gasteiger partial charge in [0.15, 0.2) is 0 Å². The monoisotopic (exact) mass is 232 g/mol. The Hall–Kier alpha value is -1.50. The van der Waals surface area contributed by atoms with Gasteiger partial charge in [0.25, 0.3) is 0 Å². The van der Waals surface area contributed by atoms with Crippen molar-refractivity contribution in [2.24, 2.45) is 0 Å². The lowest BCUT2D eigenvalue weighted by molar-refractivity contribution is 0.524. The Labute approximate surface area is 96.9 Å². The average Bonchev–Trinajstić information content (AvgIpc) is 2.33. The zero-order valence-electron chi connectivity index (χ0n) is 8.78. The van der Waals surface area contributed by atoms with Gasteiger partial charge >= 0.3 is 8.69 Å². The summed E-state index contributed by atoms with van der Waals surface area (Å²) < 4.78 is 8.46. The fraction of sp³-hybridized carbons (Fsp3) is 0.0769. The van der Waals surface area contributed by atoms with Crippen LogP contribution in [0.2, 0.25) is 0 Å². The topological polar surface area (TPSA) is 37.3 Å². The van der Waals surface area contributed by atoms with Crippen LogP contribution in [0.5, 0.6) is 0 Å². The van der Waals surface area contributed by atoms with E-state index in [0.29, 0.717) is 0 Å². The molecule has 16 heavy (non-hydrogen) atoms. The van der Waals surface area contributed by atoms with Crippen molar-refractivity contribution in [2.75, 3.05) is 0 Å². The maximum absolute atomic E-state index is 8.46. The van der Waals surface area contributed by atoms with Crippen molar-refractivity contribution in [1.29, 1.82) is 0 Å². The summed E-state index contributed by atoms with van der Waals surface area (Å²) in [5, 5.41) is 0. The molecule has 0 spiro atoms. The van der Waals surface area contributed by atoms with Crippen molar-refractivity contribution < 1.29 is 9.46 Å². The maximum Gasteiger partial charge on any atom is 0.324 e.